The van der Waals surface area contributed by atoms with Crippen molar-refractivity contribution in [1.82, 2.24) is 5.32 Å². The Labute approximate surface area is 123 Å². The quantitative estimate of drug-likeness (QED) is 0.800. The van der Waals surface area contributed by atoms with Gasteiger partial charge in [-0.1, -0.05) is 49.8 Å². The van der Waals surface area contributed by atoms with Gasteiger partial charge in [-0.15, -0.1) is 0 Å². The molecule has 2 rings (SSSR count). The lowest BCUT2D eigenvalue weighted by atomic mass is 9.87. The monoisotopic (exact) mass is 275 g/mol. The molecule has 0 aliphatic heterocycles. The maximum atomic E-state index is 5.80. The average Bonchev–Trinajstić information content (AvgIpc) is 2.48. The van der Waals surface area contributed by atoms with Crippen LogP contribution in [-0.4, -0.2) is 19.2 Å². The molecule has 0 spiro atoms. The summed E-state index contributed by atoms with van der Waals surface area (Å²) in [5.41, 5.74) is 1.27. The van der Waals surface area contributed by atoms with E-state index in [1.165, 1.54) is 44.1 Å². The Kier molecular flexibility index (Phi) is 6.38. The number of hydrogen-bond donors (Lipinski definition) is 1. The van der Waals surface area contributed by atoms with Gasteiger partial charge in [-0.25, -0.2) is 0 Å². The summed E-state index contributed by atoms with van der Waals surface area (Å²) in [6.45, 7) is 6.17. The van der Waals surface area contributed by atoms with Gasteiger partial charge in [0.25, 0.3) is 0 Å². The Morgan fingerprint density at radius 3 is 2.55 bits per heavy atom. The Morgan fingerprint density at radius 1 is 1.15 bits per heavy atom. The van der Waals surface area contributed by atoms with Crippen LogP contribution in [0.3, 0.4) is 0 Å². The fraction of sp³-hybridized carbons (Fsp3) is 0.667. The molecule has 20 heavy (non-hydrogen) atoms. The Hall–Kier alpha value is -1.02. The molecule has 1 unspecified atom stereocenters. The molecule has 1 saturated carbocycles. The third kappa shape index (κ3) is 5.54. The van der Waals surface area contributed by atoms with Crippen LogP contribution in [0, 0.1) is 12.8 Å². The summed E-state index contributed by atoms with van der Waals surface area (Å²) < 4.78 is 5.80. The first kappa shape index (κ1) is 15.4. The second-order valence-corrected chi connectivity index (χ2v) is 6.27. The molecule has 112 valence electrons. The van der Waals surface area contributed by atoms with Gasteiger partial charge in [-0.3, -0.25) is 0 Å². The fourth-order valence-electron chi connectivity index (χ4n) is 2.92. The predicted molar refractivity (Wildman–Crippen MR) is 85.3 cm³/mol. The van der Waals surface area contributed by atoms with Crippen molar-refractivity contribution in [2.75, 3.05) is 13.2 Å². The molecule has 0 bridgehead atoms. The van der Waals surface area contributed by atoms with Gasteiger partial charge in [0.2, 0.25) is 0 Å². The average molecular weight is 275 g/mol. The number of rotatable bonds is 7. The minimum Gasteiger partial charge on any atom is -0.492 e. The highest BCUT2D eigenvalue weighted by Gasteiger charge is 2.13. The highest BCUT2D eigenvalue weighted by atomic mass is 16.5. The molecule has 1 fully saturated rings. The van der Waals surface area contributed by atoms with Gasteiger partial charge in [-0.05, 0) is 44.9 Å². The van der Waals surface area contributed by atoms with Crippen molar-refractivity contribution in [2.24, 2.45) is 5.92 Å². The van der Waals surface area contributed by atoms with Crippen LogP contribution in [0.1, 0.15) is 51.0 Å². The molecular formula is C18H29NO. The largest absolute Gasteiger partial charge is 0.492 e. The first-order chi connectivity index (χ1) is 9.74. The second-order valence-electron chi connectivity index (χ2n) is 6.27. The third-order valence-corrected chi connectivity index (χ3v) is 4.29. The van der Waals surface area contributed by atoms with Gasteiger partial charge in [0.1, 0.15) is 12.4 Å². The van der Waals surface area contributed by atoms with E-state index in [0.29, 0.717) is 6.04 Å². The number of aryl methyl sites for hydroxylation is 1. The topological polar surface area (TPSA) is 21.3 Å². The van der Waals surface area contributed by atoms with E-state index in [1.54, 1.807) is 0 Å². The molecule has 0 saturated heterocycles. The van der Waals surface area contributed by atoms with Crippen LogP contribution in [0.4, 0.5) is 0 Å². The molecule has 1 aromatic carbocycles. The minimum atomic E-state index is 0.417. The molecule has 2 nitrogen and oxygen atoms in total. The number of ether oxygens (including phenoxy) is 1. The number of nitrogens with one attached hydrogen (secondary N) is 1. The summed E-state index contributed by atoms with van der Waals surface area (Å²) in [5, 5.41) is 3.59. The molecule has 2 heteroatoms. The summed E-state index contributed by atoms with van der Waals surface area (Å²) >= 11 is 0. The van der Waals surface area contributed by atoms with Crippen molar-refractivity contribution in [3.8, 4) is 5.75 Å². The van der Waals surface area contributed by atoms with Crippen LogP contribution in [0.25, 0.3) is 0 Å². The molecular weight excluding hydrogens is 246 g/mol. The van der Waals surface area contributed by atoms with Crippen molar-refractivity contribution < 1.29 is 4.74 Å². The van der Waals surface area contributed by atoms with E-state index in [-0.39, 0.29) is 0 Å². The van der Waals surface area contributed by atoms with E-state index < -0.39 is 0 Å². The highest BCUT2D eigenvalue weighted by molar-refractivity contribution is 5.26. The lowest BCUT2D eigenvalue weighted by Crippen LogP contribution is -2.33. The van der Waals surface area contributed by atoms with E-state index in [2.05, 4.69) is 31.3 Å². The summed E-state index contributed by atoms with van der Waals surface area (Å²) in [5.74, 6) is 1.93. The van der Waals surface area contributed by atoms with Crippen LogP contribution in [0.5, 0.6) is 5.75 Å². The van der Waals surface area contributed by atoms with Crippen LogP contribution >= 0.6 is 0 Å². The number of hydrogen-bond acceptors (Lipinski definition) is 2. The van der Waals surface area contributed by atoms with E-state index in [9.17, 15) is 0 Å². The molecule has 1 atom stereocenters. The second kappa shape index (κ2) is 8.31. The maximum absolute atomic E-state index is 5.80. The van der Waals surface area contributed by atoms with Gasteiger partial charge in [0.05, 0.1) is 0 Å². The molecule has 1 aliphatic carbocycles. The van der Waals surface area contributed by atoms with Gasteiger partial charge >= 0.3 is 0 Å². The molecule has 1 N–H and O–H groups in total. The summed E-state index contributed by atoms with van der Waals surface area (Å²) in [4.78, 5) is 0. The smallest absolute Gasteiger partial charge is 0.119 e. The molecule has 0 amide bonds. The zero-order valence-corrected chi connectivity index (χ0v) is 13.0. The lowest BCUT2D eigenvalue weighted by Gasteiger charge is -2.22. The van der Waals surface area contributed by atoms with Gasteiger partial charge in [-0.2, -0.15) is 0 Å². The van der Waals surface area contributed by atoms with Crippen molar-refractivity contribution >= 4 is 0 Å². The fourth-order valence-corrected chi connectivity index (χ4v) is 2.92. The molecule has 0 radical (unpaired) electrons. The molecule has 0 aromatic heterocycles. The maximum Gasteiger partial charge on any atom is 0.119 e. The van der Waals surface area contributed by atoms with Crippen LogP contribution in [0.2, 0.25) is 0 Å². The van der Waals surface area contributed by atoms with E-state index in [4.69, 9.17) is 4.74 Å². The SMILES string of the molecule is Cc1ccc(OCC(C)NCCC2CCCCC2)cc1. The summed E-state index contributed by atoms with van der Waals surface area (Å²) in [6.07, 6.45) is 8.54. The first-order valence-corrected chi connectivity index (χ1v) is 8.17. The van der Waals surface area contributed by atoms with Gasteiger partial charge in [0, 0.05) is 6.04 Å². The zero-order valence-electron chi connectivity index (χ0n) is 13.0. The third-order valence-electron chi connectivity index (χ3n) is 4.29. The van der Waals surface area contributed by atoms with Crippen molar-refractivity contribution in [3.05, 3.63) is 29.8 Å². The van der Waals surface area contributed by atoms with E-state index in [0.717, 1.165) is 24.8 Å². The lowest BCUT2D eigenvalue weighted by molar-refractivity contribution is 0.264. The van der Waals surface area contributed by atoms with Crippen LogP contribution < -0.4 is 10.1 Å². The molecule has 1 aromatic rings. The van der Waals surface area contributed by atoms with Crippen molar-refractivity contribution in [2.45, 2.75) is 58.4 Å². The minimum absolute atomic E-state index is 0.417. The highest BCUT2D eigenvalue weighted by Crippen LogP contribution is 2.25. The summed E-state index contributed by atoms with van der Waals surface area (Å²) in [7, 11) is 0. The molecule has 1 aliphatic rings. The van der Waals surface area contributed by atoms with E-state index in [1.807, 2.05) is 12.1 Å². The standard InChI is InChI=1S/C18H29NO/c1-15-8-10-18(11-9-15)20-14-16(2)19-13-12-17-6-4-3-5-7-17/h8-11,16-17,19H,3-7,12-14H2,1-2H3. The Morgan fingerprint density at radius 2 is 1.85 bits per heavy atom. The van der Waals surface area contributed by atoms with E-state index >= 15 is 0 Å². The zero-order chi connectivity index (χ0) is 14.2. The Balaban J connectivity index is 1.57. The summed E-state index contributed by atoms with van der Waals surface area (Å²) in [6, 6.07) is 8.70. The van der Waals surface area contributed by atoms with Crippen molar-refractivity contribution in [1.29, 1.82) is 0 Å². The van der Waals surface area contributed by atoms with Crippen molar-refractivity contribution in [3.63, 3.8) is 0 Å². The van der Waals surface area contributed by atoms with Crippen LogP contribution in [-0.2, 0) is 0 Å². The number of benzene rings is 1. The first-order valence-electron chi connectivity index (χ1n) is 8.17. The predicted octanol–water partition coefficient (Wildman–Crippen LogP) is 4.32. The Bertz CT molecular complexity index is 368. The molecule has 0 heterocycles. The van der Waals surface area contributed by atoms with Gasteiger partial charge in [0.15, 0.2) is 0 Å². The van der Waals surface area contributed by atoms with Crippen LogP contribution in [0.15, 0.2) is 24.3 Å². The van der Waals surface area contributed by atoms with Gasteiger partial charge < -0.3 is 10.1 Å². The normalized spacial score (nSPS) is 17.9.